The van der Waals surface area contributed by atoms with Crippen LogP contribution in [0.4, 0.5) is 25.1 Å². The summed E-state index contributed by atoms with van der Waals surface area (Å²) in [6, 6.07) is 3.77. The number of nitrogens with zero attached hydrogens (tertiary/aromatic N) is 1. The fourth-order valence-electron chi connectivity index (χ4n) is 1.53. The summed E-state index contributed by atoms with van der Waals surface area (Å²) in [5, 5.41) is 10.5. The number of hydrogen-bond donors (Lipinski definition) is 3. The average molecular weight is 310 g/mol. The molecule has 2 rings (SSSR count). The summed E-state index contributed by atoms with van der Waals surface area (Å²) in [5.41, 5.74) is 0.0817. The van der Waals surface area contributed by atoms with Gasteiger partial charge in [0.15, 0.2) is 17.5 Å². The highest BCUT2D eigenvalue weighted by Crippen LogP contribution is 2.12. The van der Waals surface area contributed by atoms with E-state index < -0.39 is 23.6 Å². The van der Waals surface area contributed by atoms with E-state index in [9.17, 15) is 18.4 Å². The SMILES string of the molecule is Cc1cc(NC(=O)NCC(=O)Nc2ccc(F)c(F)c2)no1. The Kier molecular flexibility index (Phi) is 4.66. The van der Waals surface area contributed by atoms with Gasteiger partial charge in [0, 0.05) is 17.8 Å². The molecule has 1 aromatic heterocycles. The molecular weight excluding hydrogens is 298 g/mol. The van der Waals surface area contributed by atoms with Gasteiger partial charge in [-0.25, -0.2) is 13.6 Å². The Morgan fingerprint density at radius 2 is 1.95 bits per heavy atom. The van der Waals surface area contributed by atoms with Crippen LogP contribution in [0, 0.1) is 18.6 Å². The zero-order chi connectivity index (χ0) is 16.1. The van der Waals surface area contributed by atoms with Gasteiger partial charge in [-0.2, -0.15) is 0 Å². The smallest absolute Gasteiger partial charge is 0.320 e. The lowest BCUT2D eigenvalue weighted by molar-refractivity contribution is -0.115. The standard InChI is InChI=1S/C13H12F2N4O3/c1-7-4-11(19-22-7)18-13(21)16-6-12(20)17-8-2-3-9(14)10(15)5-8/h2-5H,6H2,1H3,(H,17,20)(H2,16,18,19,21). The Balaban J connectivity index is 1.79. The van der Waals surface area contributed by atoms with Gasteiger partial charge in [-0.1, -0.05) is 5.16 Å². The van der Waals surface area contributed by atoms with Crippen molar-refractivity contribution >= 4 is 23.4 Å². The van der Waals surface area contributed by atoms with Gasteiger partial charge < -0.3 is 15.2 Å². The van der Waals surface area contributed by atoms with Crippen LogP contribution >= 0.6 is 0 Å². The van der Waals surface area contributed by atoms with E-state index in [0.717, 1.165) is 12.1 Å². The Labute approximate surface area is 123 Å². The molecule has 0 atom stereocenters. The fourth-order valence-corrected chi connectivity index (χ4v) is 1.53. The maximum absolute atomic E-state index is 13.0. The first kappa shape index (κ1) is 15.4. The molecule has 0 fully saturated rings. The van der Waals surface area contributed by atoms with Crippen LogP contribution in [0.3, 0.4) is 0 Å². The second kappa shape index (κ2) is 6.66. The molecule has 1 aromatic carbocycles. The third-order valence-electron chi connectivity index (χ3n) is 2.48. The first-order valence-electron chi connectivity index (χ1n) is 6.17. The summed E-state index contributed by atoms with van der Waals surface area (Å²) < 4.78 is 30.5. The average Bonchev–Trinajstić information content (AvgIpc) is 2.86. The van der Waals surface area contributed by atoms with Crippen molar-refractivity contribution in [3.8, 4) is 0 Å². The number of anilines is 2. The van der Waals surface area contributed by atoms with Crippen molar-refractivity contribution in [1.82, 2.24) is 10.5 Å². The second-order valence-electron chi connectivity index (χ2n) is 4.31. The number of nitrogens with one attached hydrogen (secondary N) is 3. The Morgan fingerprint density at radius 3 is 2.59 bits per heavy atom. The molecule has 1 heterocycles. The molecule has 0 spiro atoms. The summed E-state index contributed by atoms with van der Waals surface area (Å²) in [6.45, 7) is 1.30. The van der Waals surface area contributed by atoms with E-state index in [1.54, 1.807) is 6.92 Å². The Morgan fingerprint density at radius 1 is 1.18 bits per heavy atom. The molecule has 7 nitrogen and oxygen atoms in total. The zero-order valence-electron chi connectivity index (χ0n) is 11.4. The number of carbonyl (C=O) groups is 2. The van der Waals surface area contributed by atoms with Gasteiger partial charge in [0.05, 0.1) is 6.54 Å². The fraction of sp³-hybridized carbons (Fsp3) is 0.154. The highest BCUT2D eigenvalue weighted by atomic mass is 19.2. The number of aryl methyl sites for hydroxylation is 1. The third kappa shape index (κ3) is 4.27. The lowest BCUT2D eigenvalue weighted by atomic mass is 10.3. The number of carbonyl (C=O) groups excluding carboxylic acids is 2. The molecule has 0 saturated carbocycles. The summed E-state index contributed by atoms with van der Waals surface area (Å²) in [4.78, 5) is 23.0. The molecule has 0 aliphatic carbocycles. The number of halogens is 2. The van der Waals surface area contributed by atoms with E-state index in [4.69, 9.17) is 4.52 Å². The molecule has 2 aromatic rings. The van der Waals surface area contributed by atoms with Crippen LogP contribution < -0.4 is 16.0 Å². The van der Waals surface area contributed by atoms with Gasteiger partial charge in [-0.15, -0.1) is 0 Å². The molecule has 0 unspecified atom stereocenters. The quantitative estimate of drug-likeness (QED) is 0.805. The van der Waals surface area contributed by atoms with Crippen molar-refractivity contribution in [3.63, 3.8) is 0 Å². The van der Waals surface area contributed by atoms with Crippen LogP contribution in [0.15, 0.2) is 28.8 Å². The molecule has 0 aliphatic heterocycles. The number of rotatable bonds is 4. The minimum absolute atomic E-state index is 0.0817. The zero-order valence-corrected chi connectivity index (χ0v) is 11.4. The van der Waals surface area contributed by atoms with Gasteiger partial charge in [0.25, 0.3) is 0 Å². The van der Waals surface area contributed by atoms with Gasteiger partial charge >= 0.3 is 6.03 Å². The number of aromatic nitrogens is 1. The van der Waals surface area contributed by atoms with E-state index >= 15 is 0 Å². The topological polar surface area (TPSA) is 96.3 Å². The van der Waals surface area contributed by atoms with E-state index in [-0.39, 0.29) is 18.1 Å². The van der Waals surface area contributed by atoms with Crippen LogP contribution in [0.25, 0.3) is 0 Å². The molecule has 9 heteroatoms. The van der Waals surface area contributed by atoms with Gasteiger partial charge in [0.1, 0.15) is 5.76 Å². The highest BCUT2D eigenvalue weighted by molar-refractivity contribution is 5.96. The third-order valence-corrected chi connectivity index (χ3v) is 2.48. The lowest BCUT2D eigenvalue weighted by Gasteiger charge is -2.07. The van der Waals surface area contributed by atoms with Crippen molar-refractivity contribution in [2.75, 3.05) is 17.2 Å². The monoisotopic (exact) mass is 310 g/mol. The first-order valence-corrected chi connectivity index (χ1v) is 6.17. The largest absolute Gasteiger partial charge is 0.360 e. The number of urea groups is 1. The Bertz CT molecular complexity index is 702. The molecule has 0 aliphatic rings. The molecule has 116 valence electrons. The molecule has 0 radical (unpaired) electrons. The van der Waals surface area contributed by atoms with Gasteiger partial charge in [-0.05, 0) is 19.1 Å². The summed E-state index contributed by atoms with van der Waals surface area (Å²) >= 11 is 0. The van der Waals surface area contributed by atoms with Crippen LogP contribution in [-0.4, -0.2) is 23.6 Å². The van der Waals surface area contributed by atoms with E-state index in [2.05, 4.69) is 21.1 Å². The van der Waals surface area contributed by atoms with E-state index in [1.807, 2.05) is 0 Å². The maximum Gasteiger partial charge on any atom is 0.320 e. The van der Waals surface area contributed by atoms with Crippen LogP contribution in [0.5, 0.6) is 0 Å². The summed E-state index contributed by atoms with van der Waals surface area (Å²) in [7, 11) is 0. The molecule has 0 saturated heterocycles. The van der Waals surface area contributed by atoms with E-state index in [1.165, 1.54) is 12.1 Å². The summed E-state index contributed by atoms with van der Waals surface area (Å²) in [6.07, 6.45) is 0. The molecule has 0 bridgehead atoms. The molecular formula is C13H12F2N4O3. The summed E-state index contributed by atoms with van der Waals surface area (Å²) in [5.74, 6) is -1.97. The molecule has 22 heavy (non-hydrogen) atoms. The van der Waals surface area contributed by atoms with Crippen molar-refractivity contribution in [3.05, 3.63) is 41.7 Å². The van der Waals surface area contributed by atoms with Crippen LogP contribution in [0.2, 0.25) is 0 Å². The Hall–Kier alpha value is -2.97. The molecule has 3 N–H and O–H groups in total. The van der Waals surface area contributed by atoms with Crippen LogP contribution in [-0.2, 0) is 4.79 Å². The number of hydrogen-bond acceptors (Lipinski definition) is 4. The predicted octanol–water partition coefficient (Wildman–Crippen LogP) is 2.02. The van der Waals surface area contributed by atoms with Crippen molar-refractivity contribution in [2.24, 2.45) is 0 Å². The van der Waals surface area contributed by atoms with Crippen molar-refractivity contribution in [1.29, 1.82) is 0 Å². The minimum atomic E-state index is -1.08. The van der Waals surface area contributed by atoms with Crippen molar-refractivity contribution < 1.29 is 22.9 Å². The first-order chi connectivity index (χ1) is 10.4. The van der Waals surface area contributed by atoms with Gasteiger partial charge in [-0.3, -0.25) is 10.1 Å². The molecule has 3 amide bonds. The minimum Gasteiger partial charge on any atom is -0.360 e. The van der Waals surface area contributed by atoms with E-state index in [0.29, 0.717) is 5.76 Å². The maximum atomic E-state index is 13.0. The highest BCUT2D eigenvalue weighted by Gasteiger charge is 2.09. The lowest BCUT2D eigenvalue weighted by Crippen LogP contribution is -2.35. The van der Waals surface area contributed by atoms with Crippen LogP contribution in [0.1, 0.15) is 5.76 Å². The number of amides is 3. The van der Waals surface area contributed by atoms with Gasteiger partial charge in [0.2, 0.25) is 5.91 Å². The van der Waals surface area contributed by atoms with Crippen molar-refractivity contribution in [2.45, 2.75) is 6.92 Å². The number of benzene rings is 1. The second-order valence-corrected chi connectivity index (χ2v) is 4.31. The normalized spacial score (nSPS) is 10.1. The predicted molar refractivity (Wildman–Crippen MR) is 73.2 cm³/mol.